The van der Waals surface area contributed by atoms with E-state index in [0.29, 0.717) is 5.03 Å². The van der Waals surface area contributed by atoms with Crippen LogP contribution in [-0.2, 0) is 4.79 Å². The van der Waals surface area contributed by atoms with Crippen molar-refractivity contribution in [3.8, 4) is 0 Å². The third kappa shape index (κ3) is 3.76. The van der Waals surface area contributed by atoms with E-state index in [-0.39, 0.29) is 5.91 Å². The van der Waals surface area contributed by atoms with Crippen LogP contribution in [0.15, 0.2) is 47.2 Å². The van der Waals surface area contributed by atoms with E-state index < -0.39 is 0 Å². The molecule has 0 saturated heterocycles. The Hall–Kier alpha value is -1.28. The summed E-state index contributed by atoms with van der Waals surface area (Å²) in [6.45, 7) is 1.47. The van der Waals surface area contributed by atoms with Crippen LogP contribution < -0.4 is 5.32 Å². The first-order chi connectivity index (χ1) is 6.18. The first-order valence-electron chi connectivity index (χ1n) is 3.88. The smallest absolute Gasteiger partial charge is 0.221 e. The first-order valence-corrected chi connectivity index (χ1v) is 4.26. The van der Waals surface area contributed by atoms with E-state index in [2.05, 4.69) is 5.32 Å². The van der Waals surface area contributed by atoms with Crippen molar-refractivity contribution in [3.63, 3.8) is 0 Å². The minimum absolute atomic E-state index is 0.0834. The molecule has 0 saturated carbocycles. The maximum Gasteiger partial charge on any atom is 0.221 e. The molecule has 0 radical (unpaired) electrons. The van der Waals surface area contributed by atoms with Crippen molar-refractivity contribution in [2.45, 2.75) is 6.92 Å². The highest BCUT2D eigenvalue weighted by molar-refractivity contribution is 6.31. The number of hydrogen-bond donors (Lipinski definition) is 1. The van der Waals surface area contributed by atoms with Gasteiger partial charge in [0.2, 0.25) is 5.91 Å². The normalized spacial score (nSPS) is 22.0. The van der Waals surface area contributed by atoms with Gasteiger partial charge < -0.3 is 5.32 Å². The minimum atomic E-state index is -0.0834. The van der Waals surface area contributed by atoms with Crippen molar-refractivity contribution in [2.24, 2.45) is 0 Å². The van der Waals surface area contributed by atoms with Crippen LogP contribution in [0.2, 0.25) is 0 Å². The largest absolute Gasteiger partial charge is 0.326 e. The first kappa shape index (κ1) is 9.81. The Balaban J connectivity index is 2.74. The van der Waals surface area contributed by atoms with Gasteiger partial charge in [0.1, 0.15) is 0 Å². The van der Waals surface area contributed by atoms with Crippen molar-refractivity contribution in [1.29, 1.82) is 0 Å². The van der Waals surface area contributed by atoms with Crippen LogP contribution in [0.1, 0.15) is 6.92 Å². The highest BCUT2D eigenvalue weighted by Crippen LogP contribution is 2.07. The van der Waals surface area contributed by atoms with Crippen molar-refractivity contribution >= 4 is 17.5 Å². The predicted octanol–water partition coefficient (Wildman–Crippen LogP) is 2.26. The lowest BCUT2D eigenvalue weighted by Crippen LogP contribution is -2.17. The summed E-state index contributed by atoms with van der Waals surface area (Å²) in [5.41, 5.74) is 0.754. The fourth-order valence-corrected chi connectivity index (χ4v) is 1.03. The van der Waals surface area contributed by atoms with E-state index in [1.165, 1.54) is 6.92 Å². The van der Waals surface area contributed by atoms with Gasteiger partial charge in [-0.05, 0) is 24.3 Å². The maximum atomic E-state index is 10.7. The lowest BCUT2D eigenvalue weighted by atomic mass is 10.2. The molecule has 0 atom stereocenters. The quantitative estimate of drug-likeness (QED) is 0.683. The Morgan fingerprint density at radius 3 is 2.69 bits per heavy atom. The Labute approximate surface area is 82.3 Å². The molecule has 13 heavy (non-hydrogen) atoms. The molecule has 0 aliphatic heterocycles. The molecule has 0 aromatic carbocycles. The molecule has 2 nitrogen and oxygen atoms in total. The van der Waals surface area contributed by atoms with Crippen LogP contribution in [-0.4, -0.2) is 5.91 Å². The summed E-state index contributed by atoms with van der Waals surface area (Å²) >= 11 is 5.75. The lowest BCUT2D eigenvalue weighted by molar-refractivity contribution is -0.118. The monoisotopic (exact) mass is 195 g/mol. The molecule has 0 unspecified atom stereocenters. The van der Waals surface area contributed by atoms with Crippen LogP contribution in [0, 0.1) is 0 Å². The second-order valence-electron chi connectivity index (χ2n) is 2.57. The van der Waals surface area contributed by atoms with Crippen molar-refractivity contribution in [1.82, 2.24) is 5.32 Å². The van der Waals surface area contributed by atoms with E-state index in [1.54, 1.807) is 36.5 Å². The molecule has 0 aromatic rings. The summed E-state index contributed by atoms with van der Waals surface area (Å²) in [6.07, 6.45) is 10.7. The van der Waals surface area contributed by atoms with E-state index in [0.717, 1.165) is 5.70 Å². The van der Waals surface area contributed by atoms with Gasteiger partial charge in [0, 0.05) is 17.7 Å². The number of allylic oxidation sites excluding steroid dienone is 7. The Bertz CT molecular complexity index is 324. The molecule has 0 fully saturated rings. The molecule has 1 N–H and O–H groups in total. The van der Waals surface area contributed by atoms with Gasteiger partial charge in [-0.3, -0.25) is 4.79 Å². The van der Waals surface area contributed by atoms with Crippen molar-refractivity contribution in [2.75, 3.05) is 0 Å². The fourth-order valence-electron chi connectivity index (χ4n) is 0.885. The zero-order valence-corrected chi connectivity index (χ0v) is 8.01. The average Bonchev–Trinajstić information content (AvgIpc) is 1.99. The Morgan fingerprint density at radius 2 is 2.00 bits per heavy atom. The standard InChI is InChI=1S/C10H10ClNO/c1-8(13)12-10-6-2-4-9(11)5-3-7-10/h2-7H,1H3,(H,12,13)/b4-2-,5-3?,6-2?,7-3?,9-4?,9-5+,10-6?,10-7?. The van der Waals surface area contributed by atoms with E-state index in [9.17, 15) is 4.79 Å². The predicted molar refractivity (Wildman–Crippen MR) is 54.1 cm³/mol. The summed E-state index contributed by atoms with van der Waals surface area (Å²) in [5, 5.41) is 3.34. The highest BCUT2D eigenvalue weighted by Gasteiger charge is 1.94. The summed E-state index contributed by atoms with van der Waals surface area (Å²) in [4.78, 5) is 10.7. The van der Waals surface area contributed by atoms with Gasteiger partial charge >= 0.3 is 0 Å². The summed E-state index contributed by atoms with van der Waals surface area (Å²) in [7, 11) is 0. The van der Waals surface area contributed by atoms with Crippen molar-refractivity contribution in [3.05, 3.63) is 47.2 Å². The molecule has 0 heterocycles. The van der Waals surface area contributed by atoms with Gasteiger partial charge in [-0.2, -0.15) is 0 Å². The molecule has 68 valence electrons. The molecule has 1 aliphatic rings. The van der Waals surface area contributed by atoms with Gasteiger partial charge in [-0.1, -0.05) is 23.8 Å². The number of hydrogen-bond acceptors (Lipinski definition) is 1. The topological polar surface area (TPSA) is 29.1 Å². The second kappa shape index (κ2) is 4.67. The van der Waals surface area contributed by atoms with Gasteiger partial charge in [-0.15, -0.1) is 0 Å². The maximum absolute atomic E-state index is 10.7. The molecule has 1 aliphatic carbocycles. The number of carbonyl (C=O) groups is 1. The summed E-state index contributed by atoms with van der Waals surface area (Å²) in [5.74, 6) is -0.0834. The second-order valence-corrected chi connectivity index (χ2v) is 3.01. The molecule has 1 amide bonds. The third-order valence-corrected chi connectivity index (χ3v) is 1.63. The summed E-state index contributed by atoms with van der Waals surface area (Å²) in [6, 6.07) is 0. The van der Waals surface area contributed by atoms with Gasteiger partial charge in [0.15, 0.2) is 0 Å². The fraction of sp³-hybridized carbons (Fsp3) is 0.100. The molecule has 0 bridgehead atoms. The molecule has 0 spiro atoms. The average molecular weight is 196 g/mol. The lowest BCUT2D eigenvalue weighted by Gasteiger charge is -2.01. The van der Waals surface area contributed by atoms with Gasteiger partial charge in [0.05, 0.1) is 0 Å². The molecule has 1 rings (SSSR count). The molecule has 3 heteroatoms. The van der Waals surface area contributed by atoms with E-state index in [4.69, 9.17) is 11.6 Å². The number of halogens is 1. The van der Waals surface area contributed by atoms with Gasteiger partial charge in [0.25, 0.3) is 0 Å². The molecular formula is C10H10ClNO. The van der Waals surface area contributed by atoms with Crippen LogP contribution in [0.5, 0.6) is 0 Å². The number of nitrogens with one attached hydrogen (secondary N) is 1. The number of amides is 1. The number of carbonyl (C=O) groups excluding carboxylic acids is 1. The zero-order valence-electron chi connectivity index (χ0n) is 7.25. The Morgan fingerprint density at radius 1 is 1.31 bits per heavy atom. The summed E-state index contributed by atoms with van der Waals surface area (Å²) < 4.78 is 0. The number of rotatable bonds is 1. The third-order valence-electron chi connectivity index (χ3n) is 1.38. The molecular weight excluding hydrogens is 186 g/mol. The zero-order chi connectivity index (χ0) is 9.68. The van der Waals surface area contributed by atoms with Gasteiger partial charge in [-0.25, -0.2) is 0 Å². The van der Waals surface area contributed by atoms with E-state index in [1.807, 2.05) is 0 Å². The van der Waals surface area contributed by atoms with Crippen molar-refractivity contribution < 1.29 is 4.79 Å². The SMILES string of the molecule is CC(=O)NC1=C/C=C\C(Cl)=C/C=C1. The molecule has 0 aromatic heterocycles. The van der Waals surface area contributed by atoms with Crippen LogP contribution in [0.3, 0.4) is 0 Å². The van der Waals surface area contributed by atoms with Crippen LogP contribution in [0.4, 0.5) is 0 Å². The minimum Gasteiger partial charge on any atom is -0.326 e. The Kier molecular flexibility index (Phi) is 3.53. The highest BCUT2D eigenvalue weighted by atomic mass is 35.5. The van der Waals surface area contributed by atoms with E-state index >= 15 is 0 Å². The van der Waals surface area contributed by atoms with Crippen LogP contribution >= 0.6 is 11.6 Å². The van der Waals surface area contributed by atoms with Crippen LogP contribution in [0.25, 0.3) is 0 Å².